The zero-order valence-electron chi connectivity index (χ0n) is 25.0. The van der Waals surface area contributed by atoms with E-state index in [4.69, 9.17) is 28.4 Å². The van der Waals surface area contributed by atoms with Crippen LogP contribution in [0.4, 0.5) is 0 Å². The van der Waals surface area contributed by atoms with E-state index in [1.807, 2.05) is 0 Å². The molecule has 0 radical (unpaired) electrons. The number of esters is 2. The SMILES string of the molecule is C1CC2OC2CC1C1CO1.C=C(C)C(=O)OC1CCC(C2CO2)CC1O.C=C(C)C(=O)OC1CCC(C2CO2)CC1O. The second-order valence-corrected chi connectivity index (χ2v) is 13.1. The van der Waals surface area contributed by atoms with Crippen molar-refractivity contribution in [1.29, 1.82) is 0 Å². The summed E-state index contributed by atoms with van der Waals surface area (Å²) in [5, 5.41) is 19.8. The van der Waals surface area contributed by atoms with Gasteiger partial charge in [-0.3, -0.25) is 0 Å². The molecule has 7 rings (SSSR count). The molecule has 0 amide bonds. The normalized spacial score (nSPS) is 42.6. The molecule has 0 bridgehead atoms. The summed E-state index contributed by atoms with van der Waals surface area (Å²) >= 11 is 0. The van der Waals surface area contributed by atoms with Crippen LogP contribution in [0.15, 0.2) is 24.3 Å². The number of hydrogen-bond donors (Lipinski definition) is 2. The van der Waals surface area contributed by atoms with Gasteiger partial charge in [-0.05, 0) is 89.4 Å². The van der Waals surface area contributed by atoms with Crippen molar-refractivity contribution < 1.29 is 48.2 Å². The molecule has 7 fully saturated rings. The molecule has 10 heteroatoms. The van der Waals surface area contributed by atoms with Gasteiger partial charge in [0.15, 0.2) is 0 Å². The van der Waals surface area contributed by atoms with E-state index in [1.54, 1.807) is 13.8 Å². The second-order valence-electron chi connectivity index (χ2n) is 13.1. The van der Waals surface area contributed by atoms with Crippen molar-refractivity contribution in [2.75, 3.05) is 19.8 Å². The Morgan fingerprint density at radius 1 is 0.595 bits per heavy atom. The van der Waals surface area contributed by atoms with Crippen molar-refractivity contribution in [1.82, 2.24) is 0 Å². The highest BCUT2D eigenvalue weighted by atomic mass is 16.6. The lowest BCUT2D eigenvalue weighted by molar-refractivity contribution is -0.154. The molecule has 3 aliphatic carbocycles. The lowest BCUT2D eigenvalue weighted by Crippen LogP contribution is -2.38. The van der Waals surface area contributed by atoms with E-state index in [0.29, 0.717) is 79.2 Å². The summed E-state index contributed by atoms with van der Waals surface area (Å²) in [4.78, 5) is 22.7. The van der Waals surface area contributed by atoms with Crippen LogP contribution in [-0.4, -0.2) is 96.9 Å². The van der Waals surface area contributed by atoms with Crippen LogP contribution in [0, 0.1) is 17.8 Å². The first-order valence-electron chi connectivity index (χ1n) is 15.7. The van der Waals surface area contributed by atoms with E-state index in [9.17, 15) is 19.8 Å². The van der Waals surface area contributed by atoms with Gasteiger partial charge in [-0.25, -0.2) is 9.59 Å². The molecule has 42 heavy (non-hydrogen) atoms. The Balaban J connectivity index is 0.000000129. The number of epoxide rings is 4. The standard InChI is InChI=1S/2C12H18O4.C8H12O2/c2*1-7(2)12(14)16-10-4-3-8(5-9(10)13)11-6-15-11;1-2-6-7(10-6)3-5(1)8-4-9-8/h2*8-11,13H,1,3-6H2,2H3;5-8H,1-4H2. The molecular formula is C32H48O10. The fraction of sp³-hybridized carbons (Fsp3) is 0.812. The average molecular weight is 593 g/mol. The molecule has 12 unspecified atom stereocenters. The number of carbonyl (C=O) groups is 2. The van der Waals surface area contributed by atoms with E-state index in [2.05, 4.69) is 13.2 Å². The Hall–Kier alpha value is -1.82. The maximum absolute atomic E-state index is 11.3. The molecule has 10 nitrogen and oxygen atoms in total. The third kappa shape index (κ3) is 9.09. The summed E-state index contributed by atoms with van der Waals surface area (Å²) in [6.45, 7) is 12.9. The molecule has 0 aromatic heterocycles. The van der Waals surface area contributed by atoms with Gasteiger partial charge in [0.2, 0.25) is 0 Å². The number of fused-ring (bicyclic) bond motifs is 1. The third-order valence-electron chi connectivity index (χ3n) is 9.50. The summed E-state index contributed by atoms with van der Waals surface area (Å²) in [6, 6.07) is 0. The summed E-state index contributed by atoms with van der Waals surface area (Å²) in [5.74, 6) is 0.864. The Labute approximate surface area is 248 Å². The predicted molar refractivity (Wildman–Crippen MR) is 151 cm³/mol. The van der Waals surface area contributed by atoms with Crippen molar-refractivity contribution in [3.05, 3.63) is 24.3 Å². The Morgan fingerprint density at radius 3 is 1.31 bits per heavy atom. The first-order valence-corrected chi connectivity index (χ1v) is 15.7. The van der Waals surface area contributed by atoms with Crippen LogP contribution >= 0.6 is 0 Å². The second kappa shape index (κ2) is 13.9. The van der Waals surface area contributed by atoms with Gasteiger partial charge >= 0.3 is 11.9 Å². The zero-order chi connectivity index (χ0) is 30.0. The van der Waals surface area contributed by atoms with Crippen molar-refractivity contribution in [2.45, 2.75) is 127 Å². The first-order chi connectivity index (χ1) is 20.1. The van der Waals surface area contributed by atoms with E-state index in [1.165, 1.54) is 19.3 Å². The molecule has 236 valence electrons. The van der Waals surface area contributed by atoms with Gasteiger partial charge in [0.05, 0.1) is 62.5 Å². The van der Waals surface area contributed by atoms with Crippen LogP contribution in [0.3, 0.4) is 0 Å². The van der Waals surface area contributed by atoms with Crippen LogP contribution in [0.1, 0.15) is 71.6 Å². The molecule has 4 aliphatic heterocycles. The van der Waals surface area contributed by atoms with Gasteiger partial charge in [0, 0.05) is 11.1 Å². The van der Waals surface area contributed by atoms with Crippen LogP contribution in [-0.2, 0) is 38.0 Å². The number of ether oxygens (including phenoxy) is 6. The van der Waals surface area contributed by atoms with Crippen LogP contribution in [0.5, 0.6) is 0 Å². The Bertz CT molecular complexity index is 926. The van der Waals surface area contributed by atoms with Crippen LogP contribution in [0.25, 0.3) is 0 Å². The fourth-order valence-electron chi connectivity index (χ4n) is 6.48. The topological polar surface area (TPSA) is 143 Å². The zero-order valence-corrected chi connectivity index (χ0v) is 25.0. The Kier molecular flexibility index (Phi) is 10.4. The number of aliphatic hydroxyl groups is 2. The van der Waals surface area contributed by atoms with E-state index < -0.39 is 24.1 Å². The molecule has 7 aliphatic rings. The molecule has 4 heterocycles. The van der Waals surface area contributed by atoms with E-state index >= 15 is 0 Å². The molecule has 4 saturated heterocycles. The average Bonchev–Trinajstić information content (AvgIpc) is 3.76. The third-order valence-corrected chi connectivity index (χ3v) is 9.50. The summed E-state index contributed by atoms with van der Waals surface area (Å²) in [7, 11) is 0. The predicted octanol–water partition coefficient (Wildman–Crippen LogP) is 3.02. The number of rotatable bonds is 7. The van der Waals surface area contributed by atoms with Gasteiger partial charge in [-0.15, -0.1) is 0 Å². The first kappa shape index (κ1) is 31.6. The quantitative estimate of drug-likeness (QED) is 0.257. The highest BCUT2D eigenvalue weighted by Crippen LogP contribution is 2.43. The Morgan fingerprint density at radius 2 is 0.976 bits per heavy atom. The van der Waals surface area contributed by atoms with Gasteiger partial charge in [-0.1, -0.05) is 13.2 Å². The van der Waals surface area contributed by atoms with Crippen molar-refractivity contribution in [3.63, 3.8) is 0 Å². The van der Waals surface area contributed by atoms with Gasteiger partial charge in [0.25, 0.3) is 0 Å². The van der Waals surface area contributed by atoms with Crippen molar-refractivity contribution in [2.24, 2.45) is 17.8 Å². The van der Waals surface area contributed by atoms with Crippen LogP contribution < -0.4 is 0 Å². The summed E-state index contributed by atoms with van der Waals surface area (Å²) in [5.41, 5.74) is 0.750. The van der Waals surface area contributed by atoms with Crippen molar-refractivity contribution >= 4 is 11.9 Å². The van der Waals surface area contributed by atoms with Crippen molar-refractivity contribution in [3.8, 4) is 0 Å². The minimum absolute atomic E-state index is 0.326. The fourth-order valence-corrected chi connectivity index (χ4v) is 6.48. The number of carbonyl (C=O) groups excluding carboxylic acids is 2. The largest absolute Gasteiger partial charge is 0.456 e. The minimum atomic E-state index is -0.564. The highest BCUT2D eigenvalue weighted by Gasteiger charge is 2.48. The molecule has 0 aromatic rings. The molecular weight excluding hydrogens is 544 g/mol. The molecule has 3 saturated carbocycles. The minimum Gasteiger partial charge on any atom is -0.456 e. The number of hydrogen-bond acceptors (Lipinski definition) is 10. The molecule has 0 spiro atoms. The van der Waals surface area contributed by atoms with Crippen LogP contribution in [0.2, 0.25) is 0 Å². The van der Waals surface area contributed by atoms with Gasteiger partial charge in [-0.2, -0.15) is 0 Å². The molecule has 12 atom stereocenters. The lowest BCUT2D eigenvalue weighted by atomic mass is 9.83. The highest BCUT2D eigenvalue weighted by molar-refractivity contribution is 5.87. The summed E-state index contributed by atoms with van der Waals surface area (Å²) in [6.07, 6.45) is 9.23. The maximum atomic E-state index is 11.3. The number of aliphatic hydroxyl groups excluding tert-OH is 2. The maximum Gasteiger partial charge on any atom is 0.333 e. The summed E-state index contributed by atoms with van der Waals surface area (Å²) < 4.78 is 31.5. The van der Waals surface area contributed by atoms with E-state index in [0.717, 1.165) is 38.6 Å². The monoisotopic (exact) mass is 592 g/mol. The lowest BCUT2D eigenvalue weighted by Gasteiger charge is -2.32. The van der Waals surface area contributed by atoms with Gasteiger partial charge in [0.1, 0.15) is 12.2 Å². The molecule has 0 aromatic carbocycles. The molecule has 2 N–H and O–H groups in total. The van der Waals surface area contributed by atoms with Gasteiger partial charge < -0.3 is 38.6 Å². The van der Waals surface area contributed by atoms with E-state index in [-0.39, 0.29) is 12.2 Å². The smallest absolute Gasteiger partial charge is 0.333 e.